The molecule has 1 aliphatic heterocycles. The molecule has 1 saturated heterocycles. The molecule has 0 spiro atoms. The topological polar surface area (TPSA) is 75.9 Å². The number of carbonyl (C=O) groups excluding carboxylic acids is 1. The third-order valence-corrected chi connectivity index (χ3v) is 4.36. The lowest BCUT2D eigenvalue weighted by molar-refractivity contribution is -0.384. The zero-order chi connectivity index (χ0) is 18.4. The monoisotopic (exact) mass is 355 g/mol. The van der Waals surface area contributed by atoms with Crippen LogP contribution in [0.25, 0.3) is 0 Å². The molecule has 7 heteroatoms. The smallest absolute Gasteiger partial charge is 0.410 e. The molecule has 0 N–H and O–H groups in total. The first-order valence-electron chi connectivity index (χ1n) is 8.53. The van der Waals surface area contributed by atoms with Crippen molar-refractivity contribution in [2.75, 3.05) is 26.2 Å². The molecule has 0 unspecified atom stereocenters. The van der Waals surface area contributed by atoms with Crippen molar-refractivity contribution in [2.24, 2.45) is 0 Å². The maximum atomic E-state index is 12.2. The fraction of sp³-hybridized carbons (Fsp3) is 0.316. The van der Waals surface area contributed by atoms with Gasteiger partial charge >= 0.3 is 6.09 Å². The van der Waals surface area contributed by atoms with Crippen molar-refractivity contribution in [1.82, 2.24) is 9.80 Å². The molecule has 1 amide bonds. The van der Waals surface area contributed by atoms with E-state index >= 15 is 0 Å². The van der Waals surface area contributed by atoms with Crippen LogP contribution in [0.15, 0.2) is 54.6 Å². The maximum Gasteiger partial charge on any atom is 0.410 e. The highest BCUT2D eigenvalue weighted by Gasteiger charge is 2.22. The van der Waals surface area contributed by atoms with Gasteiger partial charge in [0.2, 0.25) is 0 Å². The number of amides is 1. The minimum Gasteiger partial charge on any atom is -0.445 e. The quantitative estimate of drug-likeness (QED) is 0.609. The average molecular weight is 355 g/mol. The molecule has 0 atom stereocenters. The molecule has 0 aromatic heterocycles. The van der Waals surface area contributed by atoms with Gasteiger partial charge in [-0.3, -0.25) is 15.0 Å². The predicted octanol–water partition coefficient (Wildman–Crippen LogP) is 3.05. The lowest BCUT2D eigenvalue weighted by Crippen LogP contribution is -2.48. The van der Waals surface area contributed by atoms with Gasteiger partial charge in [0.15, 0.2) is 0 Å². The molecular formula is C19H21N3O4. The summed E-state index contributed by atoms with van der Waals surface area (Å²) in [5.41, 5.74) is 1.97. The van der Waals surface area contributed by atoms with Crippen molar-refractivity contribution in [1.29, 1.82) is 0 Å². The Morgan fingerprint density at radius 2 is 1.69 bits per heavy atom. The molecule has 0 saturated carbocycles. The van der Waals surface area contributed by atoms with Crippen LogP contribution in [0.5, 0.6) is 0 Å². The number of rotatable bonds is 5. The normalized spacial score (nSPS) is 14.8. The van der Waals surface area contributed by atoms with Crippen LogP contribution < -0.4 is 0 Å². The van der Waals surface area contributed by atoms with Gasteiger partial charge in [-0.1, -0.05) is 42.5 Å². The van der Waals surface area contributed by atoms with Gasteiger partial charge in [-0.15, -0.1) is 0 Å². The Morgan fingerprint density at radius 1 is 1.00 bits per heavy atom. The van der Waals surface area contributed by atoms with Crippen LogP contribution >= 0.6 is 0 Å². The first kappa shape index (κ1) is 17.9. The zero-order valence-electron chi connectivity index (χ0n) is 14.4. The van der Waals surface area contributed by atoms with E-state index in [1.807, 2.05) is 36.4 Å². The van der Waals surface area contributed by atoms with E-state index in [9.17, 15) is 14.9 Å². The van der Waals surface area contributed by atoms with E-state index in [0.29, 0.717) is 32.7 Å². The number of piperazine rings is 1. The Balaban J connectivity index is 1.46. The standard InChI is InChI=1S/C19H21N3O4/c23-19(26-15-16-5-2-1-3-6-16)21-11-9-20(10-12-21)14-17-7-4-8-18(13-17)22(24)25/h1-8,13H,9-12,14-15H2. The summed E-state index contributed by atoms with van der Waals surface area (Å²) in [6, 6.07) is 16.3. The molecule has 1 aliphatic rings. The van der Waals surface area contributed by atoms with E-state index in [1.165, 1.54) is 6.07 Å². The van der Waals surface area contributed by atoms with Gasteiger partial charge in [-0.05, 0) is 11.1 Å². The van der Waals surface area contributed by atoms with Gasteiger partial charge in [0.05, 0.1) is 4.92 Å². The molecule has 0 bridgehead atoms. The Morgan fingerprint density at radius 3 is 2.38 bits per heavy atom. The summed E-state index contributed by atoms with van der Waals surface area (Å²) in [5.74, 6) is 0. The first-order valence-corrected chi connectivity index (χ1v) is 8.53. The molecule has 0 aliphatic carbocycles. The van der Waals surface area contributed by atoms with Crippen LogP contribution in [0, 0.1) is 10.1 Å². The molecular weight excluding hydrogens is 334 g/mol. The summed E-state index contributed by atoms with van der Waals surface area (Å²) in [4.78, 5) is 26.5. The number of nitro groups is 1. The van der Waals surface area contributed by atoms with Crippen LogP contribution in [0.4, 0.5) is 10.5 Å². The van der Waals surface area contributed by atoms with E-state index in [2.05, 4.69) is 4.90 Å². The second-order valence-corrected chi connectivity index (χ2v) is 6.23. The third-order valence-electron chi connectivity index (χ3n) is 4.36. The molecule has 0 radical (unpaired) electrons. The third kappa shape index (κ3) is 4.80. The van der Waals surface area contributed by atoms with Gasteiger partial charge in [0, 0.05) is 44.9 Å². The van der Waals surface area contributed by atoms with Crippen LogP contribution in [-0.2, 0) is 17.9 Å². The van der Waals surface area contributed by atoms with E-state index < -0.39 is 0 Å². The average Bonchev–Trinajstić information content (AvgIpc) is 2.68. The molecule has 2 aromatic carbocycles. The lowest BCUT2D eigenvalue weighted by Gasteiger charge is -2.34. The molecule has 7 nitrogen and oxygen atoms in total. The number of benzene rings is 2. The van der Waals surface area contributed by atoms with Crippen molar-refractivity contribution in [2.45, 2.75) is 13.2 Å². The van der Waals surface area contributed by atoms with Crippen molar-refractivity contribution in [3.8, 4) is 0 Å². The Kier molecular flexibility index (Phi) is 5.80. The highest BCUT2D eigenvalue weighted by molar-refractivity contribution is 5.67. The Bertz CT molecular complexity index is 758. The summed E-state index contributed by atoms with van der Waals surface area (Å²) in [7, 11) is 0. The van der Waals surface area contributed by atoms with E-state index in [-0.39, 0.29) is 23.3 Å². The summed E-state index contributed by atoms with van der Waals surface area (Å²) < 4.78 is 5.36. The van der Waals surface area contributed by atoms with Gasteiger partial charge in [0.1, 0.15) is 6.61 Å². The van der Waals surface area contributed by atoms with Crippen LogP contribution in [-0.4, -0.2) is 47.0 Å². The number of nitrogens with zero attached hydrogens (tertiary/aromatic N) is 3. The second kappa shape index (κ2) is 8.44. The Labute approximate surface area is 151 Å². The maximum absolute atomic E-state index is 12.2. The largest absolute Gasteiger partial charge is 0.445 e. The van der Waals surface area contributed by atoms with Crippen molar-refractivity contribution in [3.05, 3.63) is 75.8 Å². The molecule has 2 aromatic rings. The van der Waals surface area contributed by atoms with Gasteiger partial charge in [-0.2, -0.15) is 0 Å². The van der Waals surface area contributed by atoms with E-state index in [4.69, 9.17) is 4.74 Å². The highest BCUT2D eigenvalue weighted by atomic mass is 16.6. The minimum atomic E-state index is -0.385. The lowest BCUT2D eigenvalue weighted by atomic mass is 10.2. The number of ether oxygens (including phenoxy) is 1. The van der Waals surface area contributed by atoms with Crippen molar-refractivity contribution in [3.63, 3.8) is 0 Å². The summed E-state index contributed by atoms with van der Waals surface area (Å²) in [5, 5.41) is 10.9. The SMILES string of the molecule is O=C(OCc1ccccc1)N1CCN(Cc2cccc([N+](=O)[O-])c2)CC1. The van der Waals surface area contributed by atoms with Crippen molar-refractivity contribution < 1.29 is 14.5 Å². The molecule has 3 rings (SSSR count). The van der Waals surface area contributed by atoms with Crippen LogP contribution in [0.2, 0.25) is 0 Å². The van der Waals surface area contributed by atoms with E-state index in [0.717, 1.165) is 11.1 Å². The number of carbonyl (C=O) groups is 1. The minimum absolute atomic E-state index is 0.102. The summed E-state index contributed by atoms with van der Waals surface area (Å²) in [6.45, 7) is 3.50. The molecule has 1 fully saturated rings. The second-order valence-electron chi connectivity index (χ2n) is 6.23. The highest BCUT2D eigenvalue weighted by Crippen LogP contribution is 2.16. The van der Waals surface area contributed by atoms with Gasteiger partial charge < -0.3 is 9.64 Å². The Hall–Kier alpha value is -2.93. The number of hydrogen-bond donors (Lipinski definition) is 0. The van der Waals surface area contributed by atoms with Crippen LogP contribution in [0.3, 0.4) is 0 Å². The molecule has 136 valence electrons. The fourth-order valence-corrected chi connectivity index (χ4v) is 2.93. The summed E-state index contributed by atoms with van der Waals surface area (Å²) in [6.07, 6.45) is -0.302. The molecule has 26 heavy (non-hydrogen) atoms. The zero-order valence-corrected chi connectivity index (χ0v) is 14.4. The predicted molar refractivity (Wildman–Crippen MR) is 96.6 cm³/mol. The molecule has 1 heterocycles. The van der Waals surface area contributed by atoms with Gasteiger partial charge in [-0.25, -0.2) is 4.79 Å². The fourth-order valence-electron chi connectivity index (χ4n) is 2.93. The number of hydrogen-bond acceptors (Lipinski definition) is 5. The number of non-ortho nitro benzene ring substituents is 1. The van der Waals surface area contributed by atoms with Crippen molar-refractivity contribution >= 4 is 11.8 Å². The van der Waals surface area contributed by atoms with E-state index in [1.54, 1.807) is 17.0 Å². The van der Waals surface area contributed by atoms with Gasteiger partial charge in [0.25, 0.3) is 5.69 Å². The number of nitro benzene ring substituents is 1. The summed E-state index contributed by atoms with van der Waals surface area (Å²) >= 11 is 0. The first-order chi connectivity index (χ1) is 12.6. The van der Waals surface area contributed by atoms with Crippen LogP contribution in [0.1, 0.15) is 11.1 Å².